The van der Waals surface area contributed by atoms with Crippen LogP contribution in [-0.4, -0.2) is 15.9 Å². The molecule has 0 aliphatic carbocycles. The summed E-state index contributed by atoms with van der Waals surface area (Å²) >= 11 is 3.38. The van der Waals surface area contributed by atoms with Crippen molar-refractivity contribution in [3.05, 3.63) is 44.9 Å². The fourth-order valence-electron chi connectivity index (χ4n) is 2.42. The molecule has 0 saturated carbocycles. The Balaban J connectivity index is 2.12. The molecular formula is C13H14BrN3O. The van der Waals surface area contributed by atoms with Crippen molar-refractivity contribution < 1.29 is 0 Å². The van der Waals surface area contributed by atoms with E-state index in [-0.39, 0.29) is 11.6 Å². The standard InChI is InChI=1S/C13H14BrN3O/c14-11-5-3-6-12-16-10(8-13(18)17(11)12)9-4-1-2-7-15-9/h3,5-6,8-9,15H,1-2,4,7H2. The number of fused-ring (bicyclic) bond motifs is 1. The Morgan fingerprint density at radius 2 is 2.28 bits per heavy atom. The SMILES string of the molecule is O=c1cc(C2CCCCN2)nc2cccc(Br)n12. The van der Waals surface area contributed by atoms with Gasteiger partial charge in [-0.3, -0.25) is 9.20 Å². The smallest absolute Gasteiger partial charge is 0.259 e. The van der Waals surface area contributed by atoms with Crippen molar-refractivity contribution in [2.75, 3.05) is 6.54 Å². The summed E-state index contributed by atoms with van der Waals surface area (Å²) in [6.45, 7) is 1.00. The zero-order chi connectivity index (χ0) is 12.5. The minimum absolute atomic E-state index is 0.0325. The Labute approximate surface area is 113 Å². The van der Waals surface area contributed by atoms with Crippen molar-refractivity contribution in [2.45, 2.75) is 25.3 Å². The molecule has 0 spiro atoms. The highest BCUT2D eigenvalue weighted by molar-refractivity contribution is 9.10. The molecule has 0 radical (unpaired) electrons. The second-order valence-electron chi connectivity index (χ2n) is 4.56. The Morgan fingerprint density at radius 3 is 3.06 bits per heavy atom. The van der Waals surface area contributed by atoms with Crippen LogP contribution in [0.5, 0.6) is 0 Å². The summed E-state index contributed by atoms with van der Waals surface area (Å²) in [6, 6.07) is 7.45. The average molecular weight is 308 g/mol. The van der Waals surface area contributed by atoms with Gasteiger partial charge in [0.25, 0.3) is 5.56 Å². The van der Waals surface area contributed by atoms with Crippen LogP contribution in [0.2, 0.25) is 0 Å². The van der Waals surface area contributed by atoms with Crippen molar-refractivity contribution in [3.63, 3.8) is 0 Å². The number of pyridine rings is 1. The highest BCUT2D eigenvalue weighted by Crippen LogP contribution is 2.21. The molecule has 1 atom stereocenters. The van der Waals surface area contributed by atoms with Gasteiger partial charge in [-0.1, -0.05) is 12.5 Å². The highest BCUT2D eigenvalue weighted by Gasteiger charge is 2.17. The summed E-state index contributed by atoms with van der Waals surface area (Å²) in [6.07, 6.45) is 3.45. The molecule has 4 nitrogen and oxygen atoms in total. The first-order chi connectivity index (χ1) is 8.75. The van der Waals surface area contributed by atoms with Crippen LogP contribution in [-0.2, 0) is 0 Å². The predicted molar refractivity (Wildman–Crippen MR) is 73.8 cm³/mol. The van der Waals surface area contributed by atoms with Gasteiger partial charge in [-0.2, -0.15) is 0 Å². The van der Waals surface area contributed by atoms with E-state index in [4.69, 9.17) is 0 Å². The number of nitrogens with zero attached hydrogens (tertiary/aromatic N) is 2. The van der Waals surface area contributed by atoms with Gasteiger partial charge in [0.2, 0.25) is 0 Å². The molecule has 94 valence electrons. The van der Waals surface area contributed by atoms with Crippen LogP contribution in [0.15, 0.2) is 33.7 Å². The third kappa shape index (κ3) is 2.08. The van der Waals surface area contributed by atoms with Gasteiger partial charge in [-0.05, 0) is 47.4 Å². The van der Waals surface area contributed by atoms with Gasteiger partial charge in [0.15, 0.2) is 0 Å². The van der Waals surface area contributed by atoms with Gasteiger partial charge in [-0.15, -0.1) is 0 Å². The molecule has 3 heterocycles. The molecular weight excluding hydrogens is 294 g/mol. The van der Waals surface area contributed by atoms with Crippen molar-refractivity contribution in [1.29, 1.82) is 0 Å². The maximum Gasteiger partial charge on any atom is 0.259 e. The minimum atomic E-state index is -0.0325. The van der Waals surface area contributed by atoms with Crippen LogP contribution in [0.3, 0.4) is 0 Å². The van der Waals surface area contributed by atoms with E-state index in [1.807, 2.05) is 18.2 Å². The van der Waals surface area contributed by atoms with Crippen LogP contribution in [0.1, 0.15) is 31.0 Å². The van der Waals surface area contributed by atoms with Crippen LogP contribution < -0.4 is 10.9 Å². The van der Waals surface area contributed by atoms with Crippen molar-refractivity contribution in [3.8, 4) is 0 Å². The topological polar surface area (TPSA) is 46.4 Å². The van der Waals surface area contributed by atoms with E-state index in [2.05, 4.69) is 26.2 Å². The maximum absolute atomic E-state index is 12.1. The fourth-order valence-corrected chi connectivity index (χ4v) is 2.92. The molecule has 1 fully saturated rings. The van der Waals surface area contributed by atoms with E-state index < -0.39 is 0 Å². The monoisotopic (exact) mass is 307 g/mol. The molecule has 18 heavy (non-hydrogen) atoms. The molecule has 0 amide bonds. The number of piperidine rings is 1. The van der Waals surface area contributed by atoms with Crippen LogP contribution in [0.4, 0.5) is 0 Å². The van der Waals surface area contributed by atoms with Crippen LogP contribution in [0.25, 0.3) is 5.65 Å². The third-order valence-electron chi connectivity index (χ3n) is 3.32. The molecule has 1 saturated heterocycles. The zero-order valence-corrected chi connectivity index (χ0v) is 11.5. The van der Waals surface area contributed by atoms with Crippen molar-refractivity contribution >= 4 is 21.6 Å². The van der Waals surface area contributed by atoms with Gasteiger partial charge in [0.1, 0.15) is 5.65 Å². The van der Waals surface area contributed by atoms with Crippen molar-refractivity contribution in [2.24, 2.45) is 0 Å². The minimum Gasteiger partial charge on any atom is -0.309 e. The lowest BCUT2D eigenvalue weighted by molar-refractivity contribution is 0.405. The first kappa shape index (κ1) is 11.9. The molecule has 1 aliphatic rings. The van der Waals surface area contributed by atoms with E-state index in [1.165, 1.54) is 12.8 Å². The Bertz CT molecular complexity index is 632. The second kappa shape index (κ2) is 4.82. The molecule has 2 aromatic heterocycles. The van der Waals surface area contributed by atoms with Gasteiger partial charge >= 0.3 is 0 Å². The lowest BCUT2D eigenvalue weighted by Crippen LogP contribution is -2.29. The summed E-state index contributed by atoms with van der Waals surface area (Å²) in [7, 11) is 0. The summed E-state index contributed by atoms with van der Waals surface area (Å²) in [5, 5.41) is 3.42. The molecule has 1 aliphatic heterocycles. The van der Waals surface area contributed by atoms with Gasteiger partial charge in [0, 0.05) is 12.1 Å². The van der Waals surface area contributed by atoms with E-state index in [1.54, 1.807) is 10.5 Å². The van der Waals surface area contributed by atoms with E-state index in [9.17, 15) is 4.79 Å². The largest absolute Gasteiger partial charge is 0.309 e. The summed E-state index contributed by atoms with van der Waals surface area (Å²) in [5.41, 5.74) is 1.52. The molecule has 1 N–H and O–H groups in total. The Morgan fingerprint density at radius 1 is 1.39 bits per heavy atom. The number of hydrogen-bond donors (Lipinski definition) is 1. The summed E-state index contributed by atoms with van der Waals surface area (Å²) in [4.78, 5) is 16.7. The fraction of sp³-hybridized carbons (Fsp3) is 0.385. The molecule has 0 bridgehead atoms. The molecule has 2 aromatic rings. The normalized spacial score (nSPS) is 20.2. The Hall–Kier alpha value is -1.20. The first-order valence-electron chi connectivity index (χ1n) is 6.17. The average Bonchev–Trinajstić information content (AvgIpc) is 2.39. The lowest BCUT2D eigenvalue weighted by Gasteiger charge is -2.23. The molecule has 1 unspecified atom stereocenters. The quantitative estimate of drug-likeness (QED) is 0.822. The van der Waals surface area contributed by atoms with Gasteiger partial charge < -0.3 is 5.32 Å². The summed E-state index contributed by atoms with van der Waals surface area (Å²) < 4.78 is 2.31. The summed E-state index contributed by atoms with van der Waals surface area (Å²) in [5.74, 6) is 0. The third-order valence-corrected chi connectivity index (χ3v) is 3.94. The second-order valence-corrected chi connectivity index (χ2v) is 5.38. The number of aromatic nitrogens is 2. The van der Waals surface area contributed by atoms with Gasteiger partial charge in [0.05, 0.1) is 10.3 Å². The van der Waals surface area contributed by atoms with E-state index in [0.29, 0.717) is 5.65 Å². The van der Waals surface area contributed by atoms with E-state index >= 15 is 0 Å². The molecule has 5 heteroatoms. The maximum atomic E-state index is 12.1. The number of hydrogen-bond acceptors (Lipinski definition) is 3. The highest BCUT2D eigenvalue weighted by atomic mass is 79.9. The van der Waals surface area contributed by atoms with Crippen LogP contribution >= 0.6 is 15.9 Å². The van der Waals surface area contributed by atoms with Crippen molar-refractivity contribution in [1.82, 2.24) is 14.7 Å². The van der Waals surface area contributed by atoms with E-state index in [0.717, 1.165) is 23.3 Å². The van der Waals surface area contributed by atoms with Gasteiger partial charge in [-0.25, -0.2) is 4.98 Å². The Kier molecular flexibility index (Phi) is 3.18. The lowest BCUT2D eigenvalue weighted by atomic mass is 10.0. The zero-order valence-electron chi connectivity index (χ0n) is 9.90. The first-order valence-corrected chi connectivity index (χ1v) is 6.96. The number of halogens is 1. The number of rotatable bonds is 1. The number of nitrogens with one attached hydrogen (secondary N) is 1. The molecule has 3 rings (SSSR count). The predicted octanol–water partition coefficient (Wildman–Crippen LogP) is 2.27. The molecule has 0 aromatic carbocycles. The van der Waals surface area contributed by atoms with Crippen LogP contribution in [0, 0.1) is 0 Å².